The Morgan fingerprint density at radius 3 is 2.46 bits per heavy atom. The first-order chi connectivity index (χ1) is 12.5. The second-order valence-corrected chi connectivity index (χ2v) is 7.05. The number of anilines is 1. The lowest BCUT2D eigenvalue weighted by Gasteiger charge is -2.04. The zero-order valence-electron chi connectivity index (χ0n) is 14.6. The van der Waals surface area contributed by atoms with E-state index in [1.54, 1.807) is 18.2 Å². The highest BCUT2D eigenvalue weighted by Crippen LogP contribution is 2.25. The maximum atomic E-state index is 13.0. The average Bonchev–Trinajstić information content (AvgIpc) is 3.09. The fourth-order valence-corrected chi connectivity index (χ4v) is 3.12. The van der Waals surface area contributed by atoms with Crippen molar-refractivity contribution in [2.45, 2.75) is 19.8 Å². The predicted molar refractivity (Wildman–Crippen MR) is 106 cm³/mol. The second-order valence-electron chi connectivity index (χ2n) is 6.19. The zero-order valence-corrected chi connectivity index (χ0v) is 15.4. The second kappa shape index (κ2) is 8.06. The normalized spacial score (nSPS) is 11.2. The number of rotatable bonds is 5. The third kappa shape index (κ3) is 4.64. The number of nitrogens with one attached hydrogen (secondary N) is 1. The molecule has 1 aromatic heterocycles. The van der Waals surface area contributed by atoms with Crippen LogP contribution in [0.5, 0.6) is 0 Å². The van der Waals surface area contributed by atoms with E-state index in [9.17, 15) is 9.18 Å². The SMILES string of the molecule is CC(C)c1ccc(/C=C/C(=O)Nc2nc(-c3ccc(F)cc3)cs2)cc1. The van der Waals surface area contributed by atoms with E-state index in [0.29, 0.717) is 16.7 Å². The Bertz CT molecular complexity index is 912. The quantitative estimate of drug-likeness (QED) is 0.586. The van der Waals surface area contributed by atoms with Gasteiger partial charge in [0.25, 0.3) is 0 Å². The lowest BCUT2D eigenvalue weighted by Crippen LogP contribution is -2.07. The maximum absolute atomic E-state index is 13.0. The van der Waals surface area contributed by atoms with E-state index in [0.717, 1.165) is 11.1 Å². The van der Waals surface area contributed by atoms with Crippen LogP contribution >= 0.6 is 11.3 Å². The Labute approximate surface area is 156 Å². The van der Waals surface area contributed by atoms with Crippen molar-refractivity contribution in [2.75, 3.05) is 5.32 Å². The van der Waals surface area contributed by atoms with Crippen molar-refractivity contribution in [3.63, 3.8) is 0 Å². The molecule has 132 valence electrons. The first-order valence-electron chi connectivity index (χ1n) is 8.32. The summed E-state index contributed by atoms with van der Waals surface area (Å²) in [6.45, 7) is 4.29. The summed E-state index contributed by atoms with van der Waals surface area (Å²) in [5.41, 5.74) is 3.75. The van der Waals surface area contributed by atoms with Crippen LogP contribution in [0.15, 0.2) is 60.0 Å². The number of benzene rings is 2. The molecule has 5 heteroatoms. The minimum Gasteiger partial charge on any atom is -0.298 e. The summed E-state index contributed by atoms with van der Waals surface area (Å²) in [5, 5.41) is 5.09. The van der Waals surface area contributed by atoms with E-state index in [-0.39, 0.29) is 11.7 Å². The minimum atomic E-state index is -0.288. The van der Waals surface area contributed by atoms with Crippen LogP contribution in [-0.4, -0.2) is 10.9 Å². The van der Waals surface area contributed by atoms with E-state index < -0.39 is 0 Å². The lowest BCUT2D eigenvalue weighted by atomic mass is 10.0. The van der Waals surface area contributed by atoms with Crippen molar-refractivity contribution in [1.82, 2.24) is 4.98 Å². The number of carbonyl (C=O) groups excluding carboxylic acids is 1. The molecule has 0 fully saturated rings. The lowest BCUT2D eigenvalue weighted by molar-refractivity contribution is -0.111. The van der Waals surface area contributed by atoms with E-state index in [1.165, 1.54) is 35.1 Å². The molecule has 0 aliphatic heterocycles. The Kier molecular flexibility index (Phi) is 5.58. The summed E-state index contributed by atoms with van der Waals surface area (Å²) >= 11 is 1.33. The molecule has 0 spiro atoms. The Morgan fingerprint density at radius 1 is 1.12 bits per heavy atom. The number of thiazole rings is 1. The molecule has 3 aromatic rings. The van der Waals surface area contributed by atoms with Gasteiger partial charge in [0.15, 0.2) is 5.13 Å². The Hall–Kier alpha value is -2.79. The van der Waals surface area contributed by atoms with Crippen LogP contribution in [0.3, 0.4) is 0 Å². The fraction of sp³-hybridized carbons (Fsp3) is 0.143. The van der Waals surface area contributed by atoms with Gasteiger partial charge in [-0.1, -0.05) is 38.1 Å². The maximum Gasteiger partial charge on any atom is 0.250 e. The molecule has 1 N–H and O–H groups in total. The highest BCUT2D eigenvalue weighted by Gasteiger charge is 2.06. The van der Waals surface area contributed by atoms with E-state index in [2.05, 4.69) is 36.3 Å². The molecular weight excluding hydrogens is 347 g/mol. The molecule has 0 radical (unpaired) electrons. The molecule has 0 saturated carbocycles. The predicted octanol–water partition coefficient (Wildman–Crippen LogP) is 5.72. The molecule has 0 aliphatic carbocycles. The summed E-state index contributed by atoms with van der Waals surface area (Å²) in [6.07, 6.45) is 3.26. The minimum absolute atomic E-state index is 0.238. The third-order valence-corrected chi connectivity index (χ3v) is 4.66. The molecule has 0 bridgehead atoms. The number of carbonyl (C=O) groups is 1. The van der Waals surface area contributed by atoms with Crippen molar-refractivity contribution in [2.24, 2.45) is 0 Å². The van der Waals surface area contributed by atoms with Gasteiger partial charge in [0.05, 0.1) is 5.69 Å². The standard InChI is InChI=1S/C21H19FN2OS/c1-14(2)16-6-3-15(4-7-16)5-12-20(25)24-21-23-19(13-26-21)17-8-10-18(22)11-9-17/h3-14H,1-2H3,(H,23,24,25)/b12-5+. The molecule has 26 heavy (non-hydrogen) atoms. The zero-order chi connectivity index (χ0) is 18.5. The molecule has 0 saturated heterocycles. The molecule has 3 nitrogen and oxygen atoms in total. The van der Waals surface area contributed by atoms with Gasteiger partial charge in [-0.2, -0.15) is 0 Å². The molecular formula is C21H19FN2OS. The first-order valence-corrected chi connectivity index (χ1v) is 9.20. The fourth-order valence-electron chi connectivity index (χ4n) is 2.40. The van der Waals surface area contributed by atoms with Gasteiger partial charge in [-0.3, -0.25) is 10.1 Å². The van der Waals surface area contributed by atoms with Gasteiger partial charge in [-0.25, -0.2) is 9.37 Å². The van der Waals surface area contributed by atoms with E-state index in [1.807, 2.05) is 17.5 Å². The van der Waals surface area contributed by atoms with E-state index >= 15 is 0 Å². The summed E-state index contributed by atoms with van der Waals surface area (Å²) in [6, 6.07) is 14.2. The first kappa shape index (κ1) is 18.0. The monoisotopic (exact) mass is 366 g/mol. The highest BCUT2D eigenvalue weighted by atomic mass is 32.1. The van der Waals surface area contributed by atoms with Crippen LogP contribution in [0.2, 0.25) is 0 Å². The molecule has 2 aromatic carbocycles. The van der Waals surface area contributed by atoms with Crippen molar-refractivity contribution in [3.05, 3.63) is 76.9 Å². The van der Waals surface area contributed by atoms with Gasteiger partial charge >= 0.3 is 0 Å². The number of amides is 1. The molecule has 0 unspecified atom stereocenters. The Morgan fingerprint density at radius 2 is 1.81 bits per heavy atom. The van der Waals surface area contributed by atoms with Gasteiger partial charge in [-0.05, 0) is 47.4 Å². The average molecular weight is 366 g/mol. The summed E-state index contributed by atoms with van der Waals surface area (Å²) in [4.78, 5) is 16.4. The van der Waals surface area contributed by atoms with Crippen molar-refractivity contribution >= 4 is 28.5 Å². The number of aromatic nitrogens is 1. The van der Waals surface area contributed by atoms with Crippen LogP contribution in [0.4, 0.5) is 9.52 Å². The van der Waals surface area contributed by atoms with Crippen molar-refractivity contribution < 1.29 is 9.18 Å². The Balaban J connectivity index is 1.62. The summed E-state index contributed by atoms with van der Waals surface area (Å²) in [7, 11) is 0. The van der Waals surface area contributed by atoms with Crippen molar-refractivity contribution in [3.8, 4) is 11.3 Å². The number of nitrogens with zero attached hydrogens (tertiary/aromatic N) is 1. The smallest absolute Gasteiger partial charge is 0.250 e. The van der Waals surface area contributed by atoms with Gasteiger partial charge < -0.3 is 0 Å². The van der Waals surface area contributed by atoms with Gasteiger partial charge in [-0.15, -0.1) is 11.3 Å². The molecule has 1 amide bonds. The molecule has 3 rings (SSSR count). The summed E-state index contributed by atoms with van der Waals surface area (Å²) < 4.78 is 13.0. The number of hydrogen-bond donors (Lipinski definition) is 1. The molecule has 0 aliphatic rings. The van der Waals surface area contributed by atoms with Crippen LogP contribution in [-0.2, 0) is 4.79 Å². The van der Waals surface area contributed by atoms with Crippen LogP contribution in [0.1, 0.15) is 30.9 Å². The van der Waals surface area contributed by atoms with Gasteiger partial charge in [0.1, 0.15) is 5.82 Å². The number of hydrogen-bond acceptors (Lipinski definition) is 3. The third-order valence-electron chi connectivity index (χ3n) is 3.90. The molecule has 1 heterocycles. The van der Waals surface area contributed by atoms with Crippen LogP contribution < -0.4 is 5.32 Å². The summed E-state index contributed by atoms with van der Waals surface area (Å²) in [5.74, 6) is -0.0430. The highest BCUT2D eigenvalue weighted by molar-refractivity contribution is 7.14. The molecule has 0 atom stereocenters. The van der Waals surface area contributed by atoms with Gasteiger partial charge in [0, 0.05) is 17.0 Å². The number of halogens is 1. The topological polar surface area (TPSA) is 42.0 Å². The van der Waals surface area contributed by atoms with E-state index in [4.69, 9.17) is 0 Å². The van der Waals surface area contributed by atoms with Crippen molar-refractivity contribution in [1.29, 1.82) is 0 Å². The van der Waals surface area contributed by atoms with Gasteiger partial charge in [0.2, 0.25) is 5.91 Å². The largest absolute Gasteiger partial charge is 0.298 e. The van der Waals surface area contributed by atoms with Crippen LogP contribution in [0.25, 0.3) is 17.3 Å². The van der Waals surface area contributed by atoms with Crippen LogP contribution in [0, 0.1) is 5.82 Å².